The Hall–Kier alpha value is -2.18. The summed E-state index contributed by atoms with van der Waals surface area (Å²) >= 11 is 0. The molecule has 1 aromatic carbocycles. The standard InChI is InChI=1S/C12H13F3N2O2/c1-2-3-6-17-11(18)8-4-5-10(9(16)7-8)19-12(13,14)15/h2,4-5,7H,1,3,6,16H2,(H,17,18). The highest BCUT2D eigenvalue weighted by Crippen LogP contribution is 2.28. The molecule has 7 heteroatoms. The second-order valence-electron chi connectivity index (χ2n) is 3.63. The van der Waals surface area contributed by atoms with Gasteiger partial charge < -0.3 is 15.8 Å². The minimum absolute atomic E-state index is 0.163. The molecule has 0 unspecified atom stereocenters. The van der Waals surface area contributed by atoms with E-state index in [1.54, 1.807) is 6.08 Å². The minimum atomic E-state index is -4.82. The molecule has 3 N–H and O–H groups in total. The van der Waals surface area contributed by atoms with Crippen LogP contribution in [0.5, 0.6) is 5.75 Å². The SMILES string of the molecule is C=CCCNC(=O)c1ccc(OC(F)(F)F)c(N)c1. The van der Waals surface area contributed by atoms with Crippen molar-refractivity contribution in [2.45, 2.75) is 12.8 Å². The minimum Gasteiger partial charge on any atom is -0.404 e. The van der Waals surface area contributed by atoms with Crippen molar-refractivity contribution in [1.82, 2.24) is 5.32 Å². The van der Waals surface area contributed by atoms with Crippen molar-refractivity contribution >= 4 is 11.6 Å². The predicted octanol–water partition coefficient (Wildman–Crippen LogP) is 2.47. The molecule has 19 heavy (non-hydrogen) atoms. The molecular formula is C12H13F3N2O2. The molecule has 0 fully saturated rings. The first kappa shape index (κ1) is 14.9. The summed E-state index contributed by atoms with van der Waals surface area (Å²) in [5.74, 6) is -0.956. The molecule has 0 saturated carbocycles. The van der Waals surface area contributed by atoms with E-state index in [0.29, 0.717) is 13.0 Å². The summed E-state index contributed by atoms with van der Waals surface area (Å²) in [6.45, 7) is 3.89. The summed E-state index contributed by atoms with van der Waals surface area (Å²) in [6, 6.07) is 3.34. The molecule has 0 atom stereocenters. The lowest BCUT2D eigenvalue weighted by Crippen LogP contribution is -2.24. The van der Waals surface area contributed by atoms with E-state index in [0.717, 1.165) is 12.1 Å². The maximum Gasteiger partial charge on any atom is 0.573 e. The second-order valence-corrected chi connectivity index (χ2v) is 3.63. The number of nitrogen functional groups attached to an aromatic ring is 1. The van der Waals surface area contributed by atoms with E-state index in [1.807, 2.05) is 0 Å². The van der Waals surface area contributed by atoms with E-state index < -0.39 is 18.0 Å². The quantitative estimate of drug-likeness (QED) is 0.492. The van der Waals surface area contributed by atoms with E-state index in [2.05, 4.69) is 16.6 Å². The average molecular weight is 274 g/mol. The molecule has 4 nitrogen and oxygen atoms in total. The monoisotopic (exact) mass is 274 g/mol. The Labute approximate surface area is 108 Å². The maximum atomic E-state index is 12.0. The van der Waals surface area contributed by atoms with Crippen LogP contribution in [0.4, 0.5) is 18.9 Å². The zero-order valence-electron chi connectivity index (χ0n) is 9.96. The number of hydrogen-bond donors (Lipinski definition) is 2. The molecule has 0 bridgehead atoms. The van der Waals surface area contributed by atoms with Gasteiger partial charge in [0.05, 0.1) is 5.69 Å². The highest BCUT2D eigenvalue weighted by molar-refractivity contribution is 5.95. The second kappa shape index (κ2) is 6.12. The van der Waals surface area contributed by atoms with Crippen LogP contribution in [0.1, 0.15) is 16.8 Å². The van der Waals surface area contributed by atoms with Crippen molar-refractivity contribution in [1.29, 1.82) is 0 Å². The topological polar surface area (TPSA) is 64.3 Å². The van der Waals surface area contributed by atoms with Gasteiger partial charge in [0.2, 0.25) is 0 Å². The number of anilines is 1. The normalized spacial score (nSPS) is 10.9. The molecule has 1 rings (SSSR count). The molecule has 0 aliphatic carbocycles. The molecular weight excluding hydrogens is 261 g/mol. The largest absolute Gasteiger partial charge is 0.573 e. The van der Waals surface area contributed by atoms with Gasteiger partial charge in [-0.05, 0) is 24.6 Å². The van der Waals surface area contributed by atoms with Crippen LogP contribution in [-0.4, -0.2) is 18.8 Å². The number of benzene rings is 1. The Kier molecular flexibility index (Phi) is 4.80. The molecule has 0 saturated heterocycles. The number of rotatable bonds is 5. The Morgan fingerprint density at radius 2 is 2.16 bits per heavy atom. The van der Waals surface area contributed by atoms with Crippen LogP contribution in [0, 0.1) is 0 Å². The van der Waals surface area contributed by atoms with Gasteiger partial charge in [-0.2, -0.15) is 0 Å². The molecule has 104 valence electrons. The zero-order chi connectivity index (χ0) is 14.5. The first-order valence-corrected chi connectivity index (χ1v) is 5.38. The van der Waals surface area contributed by atoms with Crippen LogP contribution in [0.2, 0.25) is 0 Å². The third-order valence-corrected chi connectivity index (χ3v) is 2.13. The van der Waals surface area contributed by atoms with Gasteiger partial charge in [-0.25, -0.2) is 0 Å². The van der Waals surface area contributed by atoms with Crippen LogP contribution in [-0.2, 0) is 0 Å². The number of carbonyl (C=O) groups excluding carboxylic acids is 1. The molecule has 0 aliphatic rings. The third-order valence-electron chi connectivity index (χ3n) is 2.13. The van der Waals surface area contributed by atoms with Gasteiger partial charge in [-0.15, -0.1) is 19.8 Å². The molecule has 1 aromatic rings. The zero-order valence-corrected chi connectivity index (χ0v) is 9.96. The molecule has 0 radical (unpaired) electrons. The van der Waals surface area contributed by atoms with Gasteiger partial charge in [0.1, 0.15) is 0 Å². The summed E-state index contributed by atoms with van der Waals surface area (Å²) in [5, 5.41) is 2.57. The maximum absolute atomic E-state index is 12.0. The lowest BCUT2D eigenvalue weighted by Gasteiger charge is -2.12. The molecule has 1 amide bonds. The number of hydrogen-bond acceptors (Lipinski definition) is 3. The fourth-order valence-electron chi connectivity index (χ4n) is 1.30. The molecule has 0 aliphatic heterocycles. The first-order valence-electron chi connectivity index (χ1n) is 5.38. The Bertz CT molecular complexity index is 473. The smallest absolute Gasteiger partial charge is 0.404 e. The van der Waals surface area contributed by atoms with Crippen LogP contribution in [0.15, 0.2) is 30.9 Å². The summed E-state index contributed by atoms with van der Waals surface area (Å²) in [7, 11) is 0. The van der Waals surface area contributed by atoms with Crippen LogP contribution >= 0.6 is 0 Å². The van der Waals surface area contributed by atoms with Gasteiger partial charge in [0.25, 0.3) is 5.91 Å². The molecule has 0 aromatic heterocycles. The number of nitrogens with two attached hydrogens (primary N) is 1. The van der Waals surface area contributed by atoms with E-state index in [-0.39, 0.29) is 11.3 Å². The van der Waals surface area contributed by atoms with E-state index in [4.69, 9.17) is 5.73 Å². The van der Waals surface area contributed by atoms with Gasteiger partial charge >= 0.3 is 6.36 Å². The van der Waals surface area contributed by atoms with Crippen molar-refractivity contribution in [3.63, 3.8) is 0 Å². The molecule has 0 spiro atoms. The number of amides is 1. The van der Waals surface area contributed by atoms with Gasteiger partial charge in [0.15, 0.2) is 5.75 Å². The Morgan fingerprint density at radius 1 is 1.47 bits per heavy atom. The first-order chi connectivity index (χ1) is 8.83. The van der Waals surface area contributed by atoms with Crippen molar-refractivity contribution in [2.75, 3.05) is 12.3 Å². The van der Waals surface area contributed by atoms with E-state index in [1.165, 1.54) is 6.07 Å². The lowest BCUT2D eigenvalue weighted by molar-refractivity contribution is -0.274. The summed E-state index contributed by atoms with van der Waals surface area (Å²) in [6.07, 6.45) is -2.59. The Balaban J connectivity index is 2.76. The Morgan fingerprint density at radius 3 is 2.68 bits per heavy atom. The summed E-state index contributed by atoms with van der Waals surface area (Å²) in [5.41, 5.74) is 5.31. The van der Waals surface area contributed by atoms with E-state index >= 15 is 0 Å². The number of alkyl halides is 3. The van der Waals surface area contributed by atoms with Crippen molar-refractivity contribution in [3.05, 3.63) is 36.4 Å². The lowest BCUT2D eigenvalue weighted by atomic mass is 10.1. The van der Waals surface area contributed by atoms with Gasteiger partial charge in [0, 0.05) is 12.1 Å². The van der Waals surface area contributed by atoms with Crippen LogP contribution < -0.4 is 15.8 Å². The fourth-order valence-corrected chi connectivity index (χ4v) is 1.30. The van der Waals surface area contributed by atoms with Crippen molar-refractivity contribution in [2.24, 2.45) is 0 Å². The van der Waals surface area contributed by atoms with Crippen LogP contribution in [0.25, 0.3) is 0 Å². The van der Waals surface area contributed by atoms with Crippen molar-refractivity contribution < 1.29 is 22.7 Å². The summed E-state index contributed by atoms with van der Waals surface area (Å²) in [4.78, 5) is 11.6. The fraction of sp³-hybridized carbons (Fsp3) is 0.250. The molecule has 0 heterocycles. The average Bonchev–Trinajstić information content (AvgIpc) is 2.30. The van der Waals surface area contributed by atoms with E-state index in [9.17, 15) is 18.0 Å². The highest BCUT2D eigenvalue weighted by atomic mass is 19.4. The number of halogens is 3. The third kappa shape index (κ3) is 4.90. The number of ether oxygens (including phenoxy) is 1. The van der Waals surface area contributed by atoms with Crippen LogP contribution in [0.3, 0.4) is 0 Å². The summed E-state index contributed by atoms with van der Waals surface area (Å²) < 4.78 is 39.8. The number of nitrogens with one attached hydrogen (secondary N) is 1. The van der Waals surface area contributed by atoms with Gasteiger partial charge in [-0.1, -0.05) is 6.08 Å². The van der Waals surface area contributed by atoms with Gasteiger partial charge in [-0.3, -0.25) is 4.79 Å². The van der Waals surface area contributed by atoms with Crippen molar-refractivity contribution in [3.8, 4) is 5.75 Å². The highest BCUT2D eigenvalue weighted by Gasteiger charge is 2.32. The predicted molar refractivity (Wildman–Crippen MR) is 64.7 cm³/mol. The number of carbonyl (C=O) groups is 1.